The fourth-order valence-electron chi connectivity index (χ4n) is 2.59. The van der Waals surface area contributed by atoms with Crippen molar-refractivity contribution in [1.29, 1.82) is 0 Å². The van der Waals surface area contributed by atoms with E-state index in [9.17, 15) is 19.5 Å². The van der Waals surface area contributed by atoms with Crippen LogP contribution < -0.4 is 0 Å². The normalized spacial score (nSPS) is 20.6. The lowest BCUT2D eigenvalue weighted by atomic mass is 9.99. The van der Waals surface area contributed by atoms with Gasteiger partial charge in [-0.05, 0) is 25.5 Å². The van der Waals surface area contributed by atoms with E-state index in [4.69, 9.17) is 11.6 Å². The van der Waals surface area contributed by atoms with Gasteiger partial charge in [-0.25, -0.2) is 0 Å². The number of amides is 2. The van der Waals surface area contributed by atoms with E-state index in [0.29, 0.717) is 5.71 Å². The largest absolute Gasteiger partial charge is 0.379 e. The molecule has 0 saturated heterocycles. The number of imide groups is 1. The molecule has 0 fully saturated rings. The van der Waals surface area contributed by atoms with Gasteiger partial charge in [0, 0.05) is 18.3 Å². The van der Waals surface area contributed by atoms with Gasteiger partial charge in [0.2, 0.25) is 0 Å². The van der Waals surface area contributed by atoms with Crippen molar-refractivity contribution in [1.82, 2.24) is 4.90 Å². The van der Waals surface area contributed by atoms with Crippen molar-refractivity contribution in [3.05, 3.63) is 46.1 Å². The van der Waals surface area contributed by atoms with Gasteiger partial charge in [-0.3, -0.25) is 24.3 Å². The molecule has 2 aliphatic rings. The topological polar surface area (TPSA) is 87.0 Å². The molecular weight excluding hydrogens is 320 g/mol. The van der Waals surface area contributed by atoms with Crippen LogP contribution >= 0.6 is 11.6 Å². The zero-order valence-corrected chi connectivity index (χ0v) is 13.0. The van der Waals surface area contributed by atoms with Crippen molar-refractivity contribution in [2.75, 3.05) is 6.54 Å². The van der Waals surface area contributed by atoms with Crippen LogP contribution in [0, 0.1) is 0 Å². The highest BCUT2D eigenvalue weighted by Gasteiger charge is 2.37. The van der Waals surface area contributed by atoms with Crippen LogP contribution in [-0.4, -0.2) is 46.0 Å². The second-order valence-electron chi connectivity index (χ2n) is 5.37. The number of benzene rings is 1. The minimum atomic E-state index is -1.26. The van der Waals surface area contributed by atoms with E-state index in [-0.39, 0.29) is 34.7 Å². The number of fused-ring (bicyclic) bond motifs is 1. The van der Waals surface area contributed by atoms with Gasteiger partial charge in [-0.1, -0.05) is 17.7 Å². The summed E-state index contributed by atoms with van der Waals surface area (Å²) in [5.74, 6) is -1.36. The molecule has 0 bridgehead atoms. The van der Waals surface area contributed by atoms with Crippen LogP contribution in [0.3, 0.4) is 0 Å². The molecule has 0 spiro atoms. The van der Waals surface area contributed by atoms with Crippen molar-refractivity contribution in [2.24, 2.45) is 4.99 Å². The monoisotopic (exact) mass is 332 g/mol. The van der Waals surface area contributed by atoms with Gasteiger partial charge in [0.1, 0.15) is 0 Å². The number of hydrogen-bond acceptors (Lipinski definition) is 5. The van der Waals surface area contributed by atoms with Crippen molar-refractivity contribution >= 4 is 34.9 Å². The van der Waals surface area contributed by atoms with E-state index in [0.717, 1.165) is 4.90 Å². The number of carbonyl (C=O) groups excluding carboxylic acids is 3. The van der Waals surface area contributed by atoms with Crippen molar-refractivity contribution in [3.63, 3.8) is 0 Å². The minimum Gasteiger partial charge on any atom is -0.379 e. The molecule has 2 amide bonds. The molecule has 23 heavy (non-hydrogen) atoms. The molecule has 1 N–H and O–H groups in total. The standard InChI is InChI=1S/C16H13ClN2O4/c1-8-13(20)14(21)9(7-18-8)5-6-19-15(22)10-3-2-4-11(17)12(10)16(19)23/h2-4,7,13,20H,5-6H2,1H3. The van der Waals surface area contributed by atoms with Crippen LogP contribution in [0.25, 0.3) is 0 Å². The Kier molecular flexibility index (Phi) is 3.87. The molecule has 0 aliphatic carbocycles. The van der Waals surface area contributed by atoms with Gasteiger partial charge in [-0.15, -0.1) is 0 Å². The maximum atomic E-state index is 12.3. The molecule has 1 aromatic rings. The first-order valence-corrected chi connectivity index (χ1v) is 7.40. The summed E-state index contributed by atoms with van der Waals surface area (Å²) in [4.78, 5) is 41.6. The summed E-state index contributed by atoms with van der Waals surface area (Å²) in [5, 5.41) is 9.93. The highest BCUT2D eigenvalue weighted by Crippen LogP contribution is 2.29. The van der Waals surface area contributed by atoms with Gasteiger partial charge < -0.3 is 5.11 Å². The van der Waals surface area contributed by atoms with E-state index in [1.54, 1.807) is 25.1 Å². The van der Waals surface area contributed by atoms with E-state index >= 15 is 0 Å². The molecular formula is C16H13ClN2O4. The third kappa shape index (κ3) is 2.50. The maximum Gasteiger partial charge on any atom is 0.263 e. The molecule has 1 atom stereocenters. The molecule has 3 rings (SSSR count). The molecule has 1 unspecified atom stereocenters. The fourth-order valence-corrected chi connectivity index (χ4v) is 2.85. The highest BCUT2D eigenvalue weighted by atomic mass is 35.5. The molecule has 2 heterocycles. The van der Waals surface area contributed by atoms with E-state index in [2.05, 4.69) is 4.99 Å². The van der Waals surface area contributed by atoms with E-state index in [1.165, 1.54) is 6.20 Å². The summed E-state index contributed by atoms with van der Waals surface area (Å²) in [5.41, 5.74) is 1.06. The SMILES string of the molecule is CC1=NC=C(CCN2C(=O)c3cccc(Cl)c3C2=O)C(=O)C1O. The third-order valence-electron chi connectivity index (χ3n) is 3.94. The van der Waals surface area contributed by atoms with Crippen LogP contribution in [0.15, 0.2) is 35.0 Å². The Labute approximate surface area is 137 Å². The number of ketones is 1. The molecule has 2 aliphatic heterocycles. The van der Waals surface area contributed by atoms with Crippen LogP contribution in [0.4, 0.5) is 0 Å². The molecule has 1 aromatic carbocycles. The zero-order valence-electron chi connectivity index (χ0n) is 12.2. The number of aliphatic hydroxyl groups is 1. The summed E-state index contributed by atoms with van der Waals surface area (Å²) >= 11 is 5.99. The van der Waals surface area contributed by atoms with E-state index in [1.807, 2.05) is 0 Å². The summed E-state index contributed by atoms with van der Waals surface area (Å²) in [6.45, 7) is 1.59. The lowest BCUT2D eigenvalue weighted by Crippen LogP contribution is -2.35. The lowest BCUT2D eigenvalue weighted by molar-refractivity contribution is -0.120. The summed E-state index contributed by atoms with van der Waals surface area (Å²) in [7, 11) is 0. The van der Waals surface area contributed by atoms with Gasteiger partial charge in [0.15, 0.2) is 11.9 Å². The molecule has 7 heteroatoms. The Balaban J connectivity index is 1.79. The highest BCUT2D eigenvalue weighted by molar-refractivity contribution is 6.37. The van der Waals surface area contributed by atoms with Crippen LogP contribution in [0.2, 0.25) is 5.02 Å². The van der Waals surface area contributed by atoms with Gasteiger partial charge in [0.05, 0.1) is 21.9 Å². The first kappa shape index (κ1) is 15.6. The average molecular weight is 333 g/mol. The second kappa shape index (κ2) is 5.72. The number of rotatable bonds is 3. The first-order chi connectivity index (χ1) is 10.9. The number of carbonyl (C=O) groups is 3. The van der Waals surface area contributed by atoms with Crippen LogP contribution in [0.1, 0.15) is 34.1 Å². The van der Waals surface area contributed by atoms with Crippen molar-refractivity contribution in [3.8, 4) is 0 Å². The van der Waals surface area contributed by atoms with Crippen LogP contribution in [-0.2, 0) is 4.79 Å². The Hall–Kier alpha value is -2.31. The smallest absolute Gasteiger partial charge is 0.263 e. The van der Waals surface area contributed by atoms with Crippen molar-refractivity contribution in [2.45, 2.75) is 19.4 Å². The third-order valence-corrected chi connectivity index (χ3v) is 4.25. The first-order valence-electron chi connectivity index (χ1n) is 7.02. The Morgan fingerprint density at radius 3 is 2.70 bits per heavy atom. The summed E-state index contributed by atoms with van der Waals surface area (Å²) in [6.07, 6.45) is 0.247. The lowest BCUT2D eigenvalue weighted by Gasteiger charge is -2.18. The zero-order chi connectivity index (χ0) is 16.7. The second-order valence-corrected chi connectivity index (χ2v) is 5.77. The Bertz CT molecular complexity index is 797. The number of nitrogens with zero attached hydrogens (tertiary/aromatic N) is 2. The quantitative estimate of drug-likeness (QED) is 0.852. The number of aliphatic hydroxyl groups excluding tert-OH is 1. The van der Waals surface area contributed by atoms with Gasteiger partial charge >= 0.3 is 0 Å². The molecule has 0 aromatic heterocycles. The Morgan fingerprint density at radius 1 is 1.26 bits per heavy atom. The predicted molar refractivity (Wildman–Crippen MR) is 83.6 cm³/mol. The van der Waals surface area contributed by atoms with Crippen LogP contribution in [0.5, 0.6) is 0 Å². The maximum absolute atomic E-state index is 12.3. The Morgan fingerprint density at radius 2 is 2.00 bits per heavy atom. The average Bonchev–Trinajstić information content (AvgIpc) is 2.77. The number of Topliss-reactive ketones (excluding diaryl/α,β-unsaturated/α-hetero) is 1. The number of aliphatic imine (C=N–C) groups is 1. The number of hydrogen-bond donors (Lipinski definition) is 1. The van der Waals surface area contributed by atoms with E-state index < -0.39 is 23.7 Å². The summed E-state index contributed by atoms with van der Waals surface area (Å²) < 4.78 is 0. The minimum absolute atomic E-state index is 0.0293. The molecule has 0 saturated carbocycles. The fraction of sp³-hybridized carbons (Fsp3) is 0.250. The number of halogens is 1. The molecule has 118 valence electrons. The van der Waals surface area contributed by atoms with Gasteiger partial charge in [-0.2, -0.15) is 0 Å². The molecule has 6 nitrogen and oxygen atoms in total. The molecule has 0 radical (unpaired) electrons. The summed E-state index contributed by atoms with van der Waals surface area (Å²) in [6, 6.07) is 4.71. The predicted octanol–water partition coefficient (Wildman–Crippen LogP) is 1.61. The van der Waals surface area contributed by atoms with Gasteiger partial charge in [0.25, 0.3) is 11.8 Å². The van der Waals surface area contributed by atoms with Crippen molar-refractivity contribution < 1.29 is 19.5 Å².